The number of pyridine rings is 1. The van der Waals surface area contributed by atoms with Crippen molar-refractivity contribution in [3.8, 4) is 11.5 Å². The first-order valence-corrected chi connectivity index (χ1v) is 7.22. The Morgan fingerprint density at radius 3 is 2.65 bits per heavy atom. The zero-order valence-electron chi connectivity index (χ0n) is 11.8. The molecule has 7 heteroatoms. The average Bonchev–Trinajstić information content (AvgIpc) is 2.99. The fraction of sp³-hybridized carbons (Fsp3) is 0. The summed E-state index contributed by atoms with van der Waals surface area (Å²) >= 11 is 5.95. The Morgan fingerprint density at radius 1 is 1.00 bits per heavy atom. The van der Waals surface area contributed by atoms with E-state index in [-0.39, 0.29) is 0 Å². The fourth-order valence-electron chi connectivity index (χ4n) is 2.08. The molecule has 0 aliphatic heterocycles. The van der Waals surface area contributed by atoms with Crippen LogP contribution in [-0.2, 0) is 0 Å². The normalized spacial score (nSPS) is 10.8. The van der Waals surface area contributed by atoms with Crippen LogP contribution in [0, 0.1) is 0 Å². The van der Waals surface area contributed by atoms with Gasteiger partial charge in [-0.05, 0) is 30.3 Å². The maximum atomic E-state index is 5.95. The minimum absolute atomic E-state index is 0.451. The number of rotatable bonds is 3. The quantitative estimate of drug-likeness (QED) is 0.612. The van der Waals surface area contributed by atoms with Crippen molar-refractivity contribution < 1.29 is 4.42 Å². The van der Waals surface area contributed by atoms with Gasteiger partial charge in [-0.2, -0.15) is 0 Å². The van der Waals surface area contributed by atoms with Crippen LogP contribution >= 0.6 is 11.6 Å². The van der Waals surface area contributed by atoms with E-state index in [4.69, 9.17) is 16.0 Å². The minimum Gasteiger partial charge on any atom is -0.436 e. The fourth-order valence-corrected chi connectivity index (χ4v) is 2.24. The molecule has 0 unspecified atom stereocenters. The molecule has 0 amide bonds. The van der Waals surface area contributed by atoms with Gasteiger partial charge in [-0.1, -0.05) is 17.7 Å². The Balaban J connectivity index is 1.61. The second-order valence-corrected chi connectivity index (χ2v) is 5.20. The maximum absolute atomic E-state index is 5.95. The lowest BCUT2D eigenvalue weighted by atomic mass is 10.3. The highest BCUT2D eigenvalue weighted by atomic mass is 35.5. The summed E-state index contributed by atoms with van der Waals surface area (Å²) in [6.45, 7) is 0. The highest BCUT2D eigenvalue weighted by Gasteiger charge is 2.10. The number of halogens is 1. The van der Waals surface area contributed by atoms with Crippen LogP contribution in [0.2, 0.25) is 5.02 Å². The zero-order valence-corrected chi connectivity index (χ0v) is 12.5. The van der Waals surface area contributed by atoms with Crippen molar-refractivity contribution in [2.24, 2.45) is 0 Å². The van der Waals surface area contributed by atoms with Gasteiger partial charge >= 0.3 is 0 Å². The van der Waals surface area contributed by atoms with Gasteiger partial charge in [0.25, 0.3) is 0 Å². The predicted octanol–water partition coefficient (Wildman–Crippen LogP) is 4.08. The number of aromatic nitrogens is 4. The first kappa shape index (κ1) is 13.7. The first-order chi connectivity index (χ1) is 11.3. The Morgan fingerprint density at radius 2 is 1.87 bits per heavy atom. The predicted molar refractivity (Wildman–Crippen MR) is 87.6 cm³/mol. The SMILES string of the molecule is Clc1ccc2oc(-c3cnc(Nc4ccccn4)nc3)nc2c1. The molecule has 0 spiro atoms. The summed E-state index contributed by atoms with van der Waals surface area (Å²) in [5.41, 5.74) is 2.05. The molecule has 1 aromatic carbocycles. The van der Waals surface area contributed by atoms with Crippen molar-refractivity contribution in [1.29, 1.82) is 0 Å². The molecule has 0 atom stereocenters. The second kappa shape index (κ2) is 5.66. The van der Waals surface area contributed by atoms with Crippen LogP contribution in [-0.4, -0.2) is 19.9 Å². The summed E-state index contributed by atoms with van der Waals surface area (Å²) in [6, 6.07) is 10.9. The van der Waals surface area contributed by atoms with E-state index in [2.05, 4.69) is 25.3 Å². The van der Waals surface area contributed by atoms with Gasteiger partial charge in [0.2, 0.25) is 11.8 Å². The van der Waals surface area contributed by atoms with E-state index in [1.807, 2.05) is 18.2 Å². The number of nitrogens with one attached hydrogen (secondary N) is 1. The van der Waals surface area contributed by atoms with E-state index in [1.165, 1.54) is 0 Å². The lowest BCUT2D eigenvalue weighted by Crippen LogP contribution is -1.98. The van der Waals surface area contributed by atoms with Crippen molar-refractivity contribution in [3.63, 3.8) is 0 Å². The largest absolute Gasteiger partial charge is 0.436 e. The molecule has 3 heterocycles. The van der Waals surface area contributed by atoms with E-state index in [1.54, 1.807) is 36.8 Å². The van der Waals surface area contributed by atoms with Gasteiger partial charge in [0, 0.05) is 23.6 Å². The van der Waals surface area contributed by atoms with E-state index in [0.29, 0.717) is 39.3 Å². The Bertz CT molecular complexity index is 953. The summed E-state index contributed by atoms with van der Waals surface area (Å²) in [5.74, 6) is 1.58. The highest BCUT2D eigenvalue weighted by molar-refractivity contribution is 6.31. The van der Waals surface area contributed by atoms with Crippen molar-refractivity contribution in [3.05, 3.63) is 60.0 Å². The molecule has 0 aliphatic rings. The summed E-state index contributed by atoms with van der Waals surface area (Å²) in [4.78, 5) is 17.1. The van der Waals surface area contributed by atoms with Crippen molar-refractivity contribution in [2.45, 2.75) is 0 Å². The van der Waals surface area contributed by atoms with Crippen LogP contribution in [0.3, 0.4) is 0 Å². The van der Waals surface area contributed by atoms with Crippen molar-refractivity contribution in [1.82, 2.24) is 19.9 Å². The molecule has 0 radical (unpaired) electrons. The highest BCUT2D eigenvalue weighted by Crippen LogP contribution is 2.25. The van der Waals surface area contributed by atoms with Gasteiger partial charge in [0.15, 0.2) is 5.58 Å². The molecule has 3 aromatic heterocycles. The smallest absolute Gasteiger partial charge is 0.230 e. The summed E-state index contributed by atoms with van der Waals surface area (Å²) < 4.78 is 5.68. The third kappa shape index (κ3) is 2.84. The Labute approximate surface area is 136 Å². The third-order valence-corrected chi connectivity index (χ3v) is 3.39. The van der Waals surface area contributed by atoms with Crippen LogP contribution in [0.25, 0.3) is 22.6 Å². The van der Waals surface area contributed by atoms with Crippen LogP contribution in [0.1, 0.15) is 0 Å². The molecule has 112 valence electrons. The van der Waals surface area contributed by atoms with Crippen LogP contribution in [0.4, 0.5) is 11.8 Å². The monoisotopic (exact) mass is 323 g/mol. The topological polar surface area (TPSA) is 76.7 Å². The molecule has 0 bridgehead atoms. The molecule has 4 aromatic rings. The number of benzene rings is 1. The van der Waals surface area contributed by atoms with Gasteiger partial charge in [-0.25, -0.2) is 19.9 Å². The van der Waals surface area contributed by atoms with Crippen LogP contribution in [0.15, 0.2) is 59.4 Å². The van der Waals surface area contributed by atoms with E-state index >= 15 is 0 Å². The zero-order chi connectivity index (χ0) is 15.6. The maximum Gasteiger partial charge on any atom is 0.230 e. The van der Waals surface area contributed by atoms with E-state index in [9.17, 15) is 0 Å². The lowest BCUT2D eigenvalue weighted by molar-refractivity contribution is 0.619. The molecule has 0 saturated carbocycles. The lowest BCUT2D eigenvalue weighted by Gasteiger charge is -2.02. The molecule has 23 heavy (non-hydrogen) atoms. The third-order valence-electron chi connectivity index (χ3n) is 3.15. The summed E-state index contributed by atoms with van der Waals surface area (Å²) in [6.07, 6.45) is 4.98. The number of hydrogen-bond acceptors (Lipinski definition) is 6. The van der Waals surface area contributed by atoms with E-state index < -0.39 is 0 Å². The van der Waals surface area contributed by atoms with Gasteiger partial charge in [0.05, 0.1) is 5.56 Å². The second-order valence-electron chi connectivity index (χ2n) is 4.77. The van der Waals surface area contributed by atoms with Gasteiger partial charge in [-0.3, -0.25) is 0 Å². The number of anilines is 2. The number of oxazole rings is 1. The van der Waals surface area contributed by atoms with Crippen LogP contribution < -0.4 is 5.32 Å². The van der Waals surface area contributed by atoms with Gasteiger partial charge in [-0.15, -0.1) is 0 Å². The standard InChI is InChI=1S/C16H10ClN5O/c17-11-4-5-13-12(7-11)21-15(23-13)10-8-19-16(20-9-10)22-14-3-1-2-6-18-14/h1-9H,(H,18,19,20,22). The molecule has 1 N–H and O–H groups in total. The summed E-state index contributed by atoms with van der Waals surface area (Å²) in [7, 11) is 0. The average molecular weight is 324 g/mol. The first-order valence-electron chi connectivity index (χ1n) is 6.84. The Kier molecular flexibility index (Phi) is 3.36. The summed E-state index contributed by atoms with van der Waals surface area (Å²) in [5, 5.41) is 3.63. The number of fused-ring (bicyclic) bond motifs is 1. The number of nitrogens with zero attached hydrogens (tertiary/aromatic N) is 4. The molecule has 0 saturated heterocycles. The van der Waals surface area contributed by atoms with Crippen molar-refractivity contribution in [2.75, 3.05) is 5.32 Å². The molecule has 6 nitrogen and oxygen atoms in total. The molecule has 4 rings (SSSR count). The molecular weight excluding hydrogens is 314 g/mol. The van der Waals surface area contributed by atoms with Crippen molar-refractivity contribution >= 4 is 34.5 Å². The minimum atomic E-state index is 0.451. The van der Waals surface area contributed by atoms with Gasteiger partial charge < -0.3 is 9.73 Å². The van der Waals surface area contributed by atoms with Crippen LogP contribution in [0.5, 0.6) is 0 Å². The number of hydrogen-bond donors (Lipinski definition) is 1. The molecule has 0 fully saturated rings. The molecule has 0 aliphatic carbocycles. The molecular formula is C16H10ClN5O. The van der Waals surface area contributed by atoms with Gasteiger partial charge in [0.1, 0.15) is 11.3 Å². The Hall–Kier alpha value is -2.99. The van der Waals surface area contributed by atoms with E-state index in [0.717, 1.165) is 0 Å².